The molecule has 0 saturated heterocycles. The van der Waals surface area contributed by atoms with E-state index in [0.29, 0.717) is 16.2 Å². The first-order chi connectivity index (χ1) is 12.8. The van der Waals surface area contributed by atoms with Gasteiger partial charge >= 0.3 is 12.5 Å². The molecule has 4 nitrogen and oxygen atoms in total. The average Bonchev–Trinajstić information content (AvgIpc) is 3.03. The summed E-state index contributed by atoms with van der Waals surface area (Å²) in [5.41, 5.74) is 2.25. The lowest BCUT2D eigenvalue weighted by molar-refractivity contribution is -0.253. The fraction of sp³-hybridized carbons (Fsp3) is 0.222. The number of benzene rings is 2. The smallest absolute Gasteiger partial charge is 0.428 e. The predicted molar refractivity (Wildman–Crippen MR) is 95.1 cm³/mol. The molecule has 0 amide bonds. The minimum absolute atomic E-state index is 0.304. The van der Waals surface area contributed by atoms with E-state index in [0.717, 1.165) is 17.7 Å². The Bertz CT molecular complexity index is 983. The molecule has 9 heteroatoms. The Hall–Kier alpha value is -2.68. The number of alkyl halides is 4. The highest BCUT2D eigenvalue weighted by Crippen LogP contribution is 2.30. The number of hydrogen-bond acceptors (Lipinski definition) is 3. The number of halogens is 4. The summed E-state index contributed by atoms with van der Waals surface area (Å²) in [5, 5.41) is 6.79. The molecule has 1 heterocycles. The fourth-order valence-corrected chi connectivity index (χ4v) is 2.75. The van der Waals surface area contributed by atoms with Crippen LogP contribution in [-0.4, -0.2) is 27.3 Å². The summed E-state index contributed by atoms with van der Waals surface area (Å²) < 4.78 is 57.1. The van der Waals surface area contributed by atoms with Crippen LogP contribution in [0.2, 0.25) is 0 Å². The second-order valence-corrected chi connectivity index (χ2v) is 6.09. The van der Waals surface area contributed by atoms with Crippen LogP contribution >= 0.6 is 12.2 Å². The van der Waals surface area contributed by atoms with E-state index in [4.69, 9.17) is 12.2 Å². The second kappa shape index (κ2) is 7.51. The number of aromatic amines is 1. The van der Waals surface area contributed by atoms with Crippen molar-refractivity contribution in [3.63, 3.8) is 0 Å². The minimum Gasteiger partial charge on any atom is -0.428 e. The van der Waals surface area contributed by atoms with E-state index in [9.17, 15) is 17.6 Å². The molecular formula is C18H15F4N3OS. The first kappa shape index (κ1) is 19.1. The van der Waals surface area contributed by atoms with Crippen LogP contribution in [0.3, 0.4) is 0 Å². The van der Waals surface area contributed by atoms with Crippen LogP contribution in [0.1, 0.15) is 12.5 Å². The number of H-pyrrole nitrogens is 1. The third-order valence-corrected chi connectivity index (χ3v) is 4.15. The summed E-state index contributed by atoms with van der Waals surface area (Å²) in [6.45, 7) is 2.03. The Morgan fingerprint density at radius 3 is 2.52 bits per heavy atom. The van der Waals surface area contributed by atoms with Crippen LogP contribution < -0.4 is 4.74 Å². The van der Waals surface area contributed by atoms with E-state index in [2.05, 4.69) is 14.9 Å². The molecule has 0 fully saturated rings. The van der Waals surface area contributed by atoms with E-state index in [-0.39, 0.29) is 0 Å². The highest BCUT2D eigenvalue weighted by atomic mass is 32.1. The van der Waals surface area contributed by atoms with Gasteiger partial charge in [-0.05, 0) is 48.5 Å². The summed E-state index contributed by atoms with van der Waals surface area (Å²) in [6, 6.07) is 13.0. The number of ether oxygens (including phenoxy) is 1. The summed E-state index contributed by atoms with van der Waals surface area (Å²) in [7, 11) is 0. The third-order valence-electron chi connectivity index (χ3n) is 3.88. The first-order valence-corrected chi connectivity index (χ1v) is 8.45. The predicted octanol–water partition coefficient (Wildman–Crippen LogP) is 5.40. The quantitative estimate of drug-likeness (QED) is 0.448. The van der Waals surface area contributed by atoms with E-state index < -0.39 is 18.3 Å². The molecule has 0 atom stereocenters. The number of hydrogen-bond donors (Lipinski definition) is 1. The highest BCUT2D eigenvalue weighted by Gasteiger charge is 2.44. The molecule has 3 rings (SSSR count). The van der Waals surface area contributed by atoms with E-state index in [1.54, 1.807) is 10.6 Å². The largest absolute Gasteiger partial charge is 0.461 e. The SMILES string of the molecule is CCc1ccc(-n2c(-c3cccc(OC(F)(F)C(F)F)c3)n[nH]c2=S)cc1. The van der Waals surface area contributed by atoms with Crippen molar-refractivity contribution in [1.82, 2.24) is 14.8 Å². The normalized spacial score (nSPS) is 11.8. The van der Waals surface area contributed by atoms with Crippen molar-refractivity contribution in [3.8, 4) is 22.8 Å². The van der Waals surface area contributed by atoms with Crippen molar-refractivity contribution in [1.29, 1.82) is 0 Å². The molecule has 0 unspecified atom stereocenters. The summed E-state index contributed by atoms with van der Waals surface area (Å²) in [4.78, 5) is 0. The van der Waals surface area contributed by atoms with Gasteiger partial charge in [-0.2, -0.15) is 22.7 Å². The number of aryl methyl sites for hydroxylation is 1. The Balaban J connectivity index is 2.00. The van der Waals surface area contributed by atoms with Crippen molar-refractivity contribution in [2.45, 2.75) is 25.9 Å². The lowest BCUT2D eigenvalue weighted by Crippen LogP contribution is -2.33. The maximum atomic E-state index is 13.2. The van der Waals surface area contributed by atoms with Gasteiger partial charge in [-0.25, -0.2) is 0 Å². The molecule has 0 spiro atoms. The van der Waals surface area contributed by atoms with Crippen molar-refractivity contribution < 1.29 is 22.3 Å². The lowest BCUT2D eigenvalue weighted by atomic mass is 10.1. The van der Waals surface area contributed by atoms with Gasteiger partial charge in [0.2, 0.25) is 0 Å². The summed E-state index contributed by atoms with van der Waals surface area (Å²) in [5.74, 6) is -0.0605. The second-order valence-electron chi connectivity index (χ2n) is 5.70. The summed E-state index contributed by atoms with van der Waals surface area (Å²) >= 11 is 5.27. The Labute approximate surface area is 157 Å². The molecule has 0 radical (unpaired) electrons. The molecule has 3 aromatic rings. The molecule has 0 aliphatic heterocycles. The van der Waals surface area contributed by atoms with Crippen LogP contribution in [0.25, 0.3) is 17.1 Å². The Morgan fingerprint density at radius 2 is 1.89 bits per heavy atom. The molecule has 0 saturated carbocycles. The molecule has 142 valence electrons. The molecule has 2 aromatic carbocycles. The zero-order chi connectivity index (χ0) is 19.6. The molecular weight excluding hydrogens is 382 g/mol. The van der Waals surface area contributed by atoms with Gasteiger partial charge in [0, 0.05) is 11.3 Å². The molecule has 1 N–H and O–H groups in total. The number of nitrogens with zero attached hydrogens (tertiary/aromatic N) is 2. The van der Waals surface area contributed by atoms with E-state index >= 15 is 0 Å². The lowest BCUT2D eigenvalue weighted by Gasteiger charge is -2.17. The number of rotatable bonds is 6. The van der Waals surface area contributed by atoms with Crippen LogP contribution in [0.5, 0.6) is 5.75 Å². The van der Waals surface area contributed by atoms with Crippen LogP contribution in [-0.2, 0) is 6.42 Å². The molecule has 1 aromatic heterocycles. The number of nitrogens with one attached hydrogen (secondary N) is 1. The molecule has 0 aliphatic carbocycles. The Morgan fingerprint density at radius 1 is 1.19 bits per heavy atom. The summed E-state index contributed by atoms with van der Waals surface area (Å²) in [6.07, 6.45) is -7.64. The van der Waals surface area contributed by atoms with Crippen molar-refractivity contribution in [3.05, 3.63) is 58.9 Å². The van der Waals surface area contributed by atoms with Gasteiger partial charge in [0.05, 0.1) is 0 Å². The van der Waals surface area contributed by atoms with Gasteiger partial charge in [0.1, 0.15) is 5.75 Å². The van der Waals surface area contributed by atoms with Crippen LogP contribution in [0.15, 0.2) is 48.5 Å². The van der Waals surface area contributed by atoms with Gasteiger partial charge in [-0.3, -0.25) is 9.67 Å². The molecule has 27 heavy (non-hydrogen) atoms. The minimum atomic E-state index is -4.58. The first-order valence-electron chi connectivity index (χ1n) is 8.04. The van der Waals surface area contributed by atoms with Gasteiger partial charge in [0.15, 0.2) is 10.6 Å². The van der Waals surface area contributed by atoms with Gasteiger partial charge in [-0.15, -0.1) is 0 Å². The standard InChI is InChI=1S/C18H15F4N3OS/c1-2-11-6-8-13(9-7-11)25-15(23-24-17(25)27)12-4-3-5-14(10-12)26-18(21,22)16(19)20/h3-10,16H,2H2,1H3,(H,24,27). The van der Waals surface area contributed by atoms with Gasteiger partial charge < -0.3 is 4.74 Å². The zero-order valence-electron chi connectivity index (χ0n) is 14.1. The van der Waals surface area contributed by atoms with Gasteiger partial charge in [-0.1, -0.05) is 31.2 Å². The maximum Gasteiger partial charge on any atom is 0.461 e. The third kappa shape index (κ3) is 4.02. The zero-order valence-corrected chi connectivity index (χ0v) is 14.9. The molecule has 0 bridgehead atoms. The highest BCUT2D eigenvalue weighted by molar-refractivity contribution is 7.71. The van der Waals surface area contributed by atoms with Crippen molar-refractivity contribution in [2.75, 3.05) is 0 Å². The van der Waals surface area contributed by atoms with Gasteiger partial charge in [0.25, 0.3) is 0 Å². The Kier molecular flexibility index (Phi) is 5.31. The monoisotopic (exact) mass is 397 g/mol. The topological polar surface area (TPSA) is 42.8 Å². The fourth-order valence-electron chi connectivity index (χ4n) is 2.51. The van der Waals surface area contributed by atoms with Crippen molar-refractivity contribution in [2.24, 2.45) is 0 Å². The number of aromatic nitrogens is 3. The maximum absolute atomic E-state index is 13.2. The van der Waals surface area contributed by atoms with E-state index in [1.165, 1.54) is 18.2 Å². The van der Waals surface area contributed by atoms with E-state index in [1.807, 2.05) is 31.2 Å². The van der Waals surface area contributed by atoms with Crippen LogP contribution in [0, 0.1) is 4.77 Å². The van der Waals surface area contributed by atoms with Crippen LogP contribution in [0.4, 0.5) is 17.6 Å². The average molecular weight is 397 g/mol. The molecule has 0 aliphatic rings. The van der Waals surface area contributed by atoms with Crippen molar-refractivity contribution >= 4 is 12.2 Å².